The third kappa shape index (κ3) is 5.63. The van der Waals surface area contributed by atoms with Crippen LogP contribution in [-0.4, -0.2) is 59.4 Å². The molecule has 0 N–H and O–H groups in total. The topological polar surface area (TPSA) is 72.0 Å². The highest BCUT2D eigenvalue weighted by atomic mass is 32.1. The second kappa shape index (κ2) is 10.1. The maximum atomic E-state index is 12.2. The smallest absolute Gasteiger partial charge is 0.303 e. The van der Waals surface area contributed by atoms with Crippen LogP contribution in [0.1, 0.15) is 25.3 Å². The van der Waals surface area contributed by atoms with Gasteiger partial charge in [-0.05, 0) is 42.7 Å². The molecule has 3 aromatic rings. The average Bonchev–Trinajstić information content (AvgIpc) is 3.21. The van der Waals surface area contributed by atoms with Crippen molar-refractivity contribution in [3.63, 3.8) is 0 Å². The van der Waals surface area contributed by atoms with E-state index in [1.165, 1.54) is 23.8 Å². The number of carbonyl (C=O) groups excluding carboxylic acids is 2. The van der Waals surface area contributed by atoms with Gasteiger partial charge in [0, 0.05) is 39.6 Å². The summed E-state index contributed by atoms with van der Waals surface area (Å²) in [6, 6.07) is 16.3. The van der Waals surface area contributed by atoms with Gasteiger partial charge in [-0.1, -0.05) is 35.6 Å². The predicted molar refractivity (Wildman–Crippen MR) is 124 cm³/mol. The molecule has 32 heavy (non-hydrogen) atoms. The number of fused-ring (bicyclic) bond motifs is 1. The minimum absolute atomic E-state index is 0.151. The summed E-state index contributed by atoms with van der Waals surface area (Å²) in [4.78, 5) is 31.7. The first-order valence-corrected chi connectivity index (χ1v) is 11.5. The third-order valence-electron chi connectivity index (χ3n) is 5.71. The van der Waals surface area contributed by atoms with E-state index in [0.29, 0.717) is 5.19 Å². The molecular formula is C24H27N3O4S. The zero-order chi connectivity index (χ0) is 22.5. The molecule has 1 saturated heterocycles. The number of aromatic nitrogens is 1. The van der Waals surface area contributed by atoms with Crippen molar-refractivity contribution in [2.45, 2.75) is 32.4 Å². The predicted octanol–water partition coefficient (Wildman–Crippen LogP) is 4.07. The normalized spacial score (nSPS) is 14.9. The number of ether oxygens (including phenoxy) is 2. The lowest BCUT2D eigenvalue weighted by atomic mass is 10.0. The van der Waals surface area contributed by atoms with Crippen LogP contribution in [0.25, 0.3) is 10.2 Å². The highest BCUT2D eigenvalue weighted by Gasteiger charge is 2.25. The molecule has 1 amide bonds. The molecule has 4 rings (SSSR count). The lowest BCUT2D eigenvalue weighted by Crippen LogP contribution is -2.46. The Morgan fingerprint density at radius 3 is 2.53 bits per heavy atom. The first kappa shape index (κ1) is 22.2. The molecule has 0 bridgehead atoms. The fourth-order valence-corrected chi connectivity index (χ4v) is 4.69. The third-order valence-corrected chi connectivity index (χ3v) is 6.62. The second-order valence-corrected chi connectivity index (χ2v) is 8.98. The van der Waals surface area contributed by atoms with Gasteiger partial charge < -0.3 is 14.4 Å². The highest BCUT2D eigenvalue weighted by molar-refractivity contribution is 7.20. The van der Waals surface area contributed by atoms with Gasteiger partial charge in [-0.3, -0.25) is 14.5 Å². The van der Waals surface area contributed by atoms with E-state index in [1.54, 1.807) is 11.9 Å². The summed E-state index contributed by atoms with van der Waals surface area (Å²) >= 11 is 1.54. The zero-order valence-corrected chi connectivity index (χ0v) is 19.1. The highest BCUT2D eigenvalue weighted by Crippen LogP contribution is 2.31. The van der Waals surface area contributed by atoms with Crippen LogP contribution < -0.4 is 4.74 Å². The van der Waals surface area contributed by atoms with Crippen molar-refractivity contribution >= 4 is 33.4 Å². The monoisotopic (exact) mass is 453 g/mol. The zero-order valence-electron chi connectivity index (χ0n) is 18.3. The molecule has 0 unspecified atom stereocenters. The molecule has 0 radical (unpaired) electrons. The molecule has 2 heterocycles. The standard InChI is InChI=1S/C24H27N3O4S/c1-17(28)30-16-23(29)26(2)19-11-13-27(14-12-19)15-18-7-9-20(10-8-18)31-24-25-21-5-3-4-6-22(21)32-24/h3-10,19H,11-16H2,1-2H3. The van der Waals surface area contributed by atoms with Crippen molar-refractivity contribution in [1.29, 1.82) is 0 Å². The van der Waals surface area contributed by atoms with Gasteiger partial charge in [0.15, 0.2) is 6.61 Å². The van der Waals surface area contributed by atoms with Gasteiger partial charge in [0.2, 0.25) is 0 Å². The quantitative estimate of drug-likeness (QED) is 0.502. The van der Waals surface area contributed by atoms with Crippen LogP contribution in [-0.2, 0) is 20.9 Å². The van der Waals surface area contributed by atoms with Crippen molar-refractivity contribution in [3.8, 4) is 10.9 Å². The number of carbonyl (C=O) groups is 2. The number of para-hydroxylation sites is 1. The van der Waals surface area contributed by atoms with E-state index >= 15 is 0 Å². The summed E-state index contributed by atoms with van der Waals surface area (Å²) in [7, 11) is 1.79. The van der Waals surface area contributed by atoms with Crippen molar-refractivity contribution < 1.29 is 19.1 Å². The number of likely N-dealkylation sites (tertiary alicyclic amines) is 1. The summed E-state index contributed by atoms with van der Waals surface area (Å²) in [6.45, 7) is 3.82. The summed E-state index contributed by atoms with van der Waals surface area (Å²) in [6.07, 6.45) is 1.81. The minimum Gasteiger partial charge on any atom is -0.456 e. The Balaban J connectivity index is 1.25. The summed E-state index contributed by atoms with van der Waals surface area (Å²) in [5.74, 6) is 0.194. The molecule has 7 nitrogen and oxygen atoms in total. The van der Waals surface area contributed by atoms with E-state index in [9.17, 15) is 9.59 Å². The van der Waals surface area contributed by atoms with Crippen LogP contribution in [0.5, 0.6) is 10.9 Å². The SMILES string of the molecule is CC(=O)OCC(=O)N(C)C1CCN(Cc2ccc(Oc3nc4ccccc4s3)cc2)CC1. The number of esters is 1. The van der Waals surface area contributed by atoms with Crippen molar-refractivity contribution in [2.24, 2.45) is 0 Å². The van der Waals surface area contributed by atoms with Crippen LogP contribution >= 0.6 is 11.3 Å². The van der Waals surface area contributed by atoms with Gasteiger partial charge in [-0.15, -0.1) is 0 Å². The molecule has 0 saturated carbocycles. The van der Waals surface area contributed by atoms with E-state index in [2.05, 4.69) is 22.0 Å². The van der Waals surface area contributed by atoms with Crippen LogP contribution in [0.2, 0.25) is 0 Å². The number of hydrogen-bond acceptors (Lipinski definition) is 7. The number of thiazole rings is 1. The van der Waals surface area contributed by atoms with Crippen LogP contribution in [0.3, 0.4) is 0 Å². The number of nitrogens with zero attached hydrogens (tertiary/aromatic N) is 3. The Morgan fingerprint density at radius 1 is 1.12 bits per heavy atom. The van der Waals surface area contributed by atoms with E-state index in [4.69, 9.17) is 9.47 Å². The molecule has 1 fully saturated rings. The minimum atomic E-state index is -0.432. The van der Waals surface area contributed by atoms with Gasteiger partial charge in [-0.2, -0.15) is 0 Å². The summed E-state index contributed by atoms with van der Waals surface area (Å²) < 4.78 is 11.9. The van der Waals surface area contributed by atoms with Gasteiger partial charge in [0.05, 0.1) is 10.2 Å². The number of piperidine rings is 1. The Morgan fingerprint density at radius 2 is 1.84 bits per heavy atom. The second-order valence-electron chi connectivity index (χ2n) is 7.99. The Kier molecular flexibility index (Phi) is 7.02. The summed E-state index contributed by atoms with van der Waals surface area (Å²) in [5, 5.41) is 0.647. The van der Waals surface area contributed by atoms with Crippen LogP contribution in [0.15, 0.2) is 48.5 Å². The van der Waals surface area contributed by atoms with Gasteiger partial charge in [0.25, 0.3) is 11.1 Å². The molecule has 1 aliphatic heterocycles. The summed E-state index contributed by atoms with van der Waals surface area (Å²) in [5.41, 5.74) is 2.17. The van der Waals surface area contributed by atoms with Gasteiger partial charge in [0.1, 0.15) is 5.75 Å². The van der Waals surface area contributed by atoms with Crippen LogP contribution in [0.4, 0.5) is 0 Å². The number of likely N-dealkylation sites (N-methyl/N-ethyl adjacent to an activating group) is 1. The maximum absolute atomic E-state index is 12.2. The van der Waals surface area contributed by atoms with E-state index in [-0.39, 0.29) is 18.6 Å². The number of rotatable bonds is 7. The first-order valence-electron chi connectivity index (χ1n) is 10.7. The van der Waals surface area contributed by atoms with Crippen LogP contribution in [0, 0.1) is 0 Å². The van der Waals surface area contributed by atoms with E-state index in [1.807, 2.05) is 36.4 Å². The van der Waals surface area contributed by atoms with Crippen molar-refractivity contribution in [2.75, 3.05) is 26.7 Å². The molecule has 0 aliphatic carbocycles. The fourth-order valence-electron chi connectivity index (χ4n) is 3.85. The fraction of sp³-hybridized carbons (Fsp3) is 0.375. The average molecular weight is 454 g/mol. The molecule has 1 aromatic heterocycles. The lowest BCUT2D eigenvalue weighted by Gasteiger charge is -2.36. The molecule has 1 aliphatic rings. The molecule has 168 valence electrons. The Hall–Kier alpha value is -2.97. The molecule has 0 atom stereocenters. The van der Waals surface area contributed by atoms with Crippen molar-refractivity contribution in [3.05, 3.63) is 54.1 Å². The molecular weight excluding hydrogens is 426 g/mol. The first-order chi connectivity index (χ1) is 15.5. The Bertz CT molecular complexity index is 1040. The number of benzene rings is 2. The number of hydrogen-bond donors (Lipinski definition) is 0. The van der Waals surface area contributed by atoms with E-state index < -0.39 is 5.97 Å². The molecule has 2 aromatic carbocycles. The maximum Gasteiger partial charge on any atom is 0.303 e. The van der Waals surface area contributed by atoms with Crippen molar-refractivity contribution in [1.82, 2.24) is 14.8 Å². The number of amides is 1. The molecule has 8 heteroatoms. The Labute approximate surface area is 191 Å². The lowest BCUT2D eigenvalue weighted by molar-refractivity contribution is -0.151. The van der Waals surface area contributed by atoms with Gasteiger partial charge in [-0.25, -0.2) is 4.98 Å². The largest absolute Gasteiger partial charge is 0.456 e. The van der Waals surface area contributed by atoms with E-state index in [0.717, 1.165) is 48.4 Å². The van der Waals surface area contributed by atoms with Gasteiger partial charge >= 0.3 is 5.97 Å². The molecule has 0 spiro atoms.